The quantitative estimate of drug-likeness (QED) is 0.874. The monoisotopic (exact) mass is 324 g/mol. The maximum absolute atomic E-state index is 12.4. The molecule has 7 heteroatoms. The van der Waals surface area contributed by atoms with E-state index in [1.165, 1.54) is 18.4 Å². The molecule has 0 radical (unpaired) electrons. The molecule has 2 heterocycles. The molecule has 1 fully saturated rings. The number of aromatic nitrogens is 1. The smallest absolute Gasteiger partial charge is 0.350 e. The Morgan fingerprint density at radius 3 is 2.90 bits per heavy atom. The van der Waals surface area contributed by atoms with E-state index < -0.39 is 5.97 Å². The summed E-state index contributed by atoms with van der Waals surface area (Å²) in [6.45, 7) is 0. The number of amides is 1. The topological polar surface area (TPSA) is 60.3 Å². The van der Waals surface area contributed by atoms with E-state index in [0.29, 0.717) is 27.3 Å². The van der Waals surface area contributed by atoms with Gasteiger partial charge < -0.3 is 14.6 Å². The molecule has 0 atom stereocenters. The van der Waals surface area contributed by atoms with Crippen molar-refractivity contribution in [1.82, 2.24) is 4.57 Å². The highest BCUT2D eigenvalue weighted by atomic mass is 35.5. The van der Waals surface area contributed by atoms with Crippen LogP contribution in [0.1, 0.15) is 39.0 Å². The fourth-order valence-corrected chi connectivity index (χ4v) is 3.10. The van der Waals surface area contributed by atoms with E-state index in [-0.39, 0.29) is 5.91 Å². The van der Waals surface area contributed by atoms with Crippen molar-refractivity contribution in [2.75, 3.05) is 12.4 Å². The fourth-order valence-electron chi connectivity index (χ4n) is 2.13. The zero-order valence-corrected chi connectivity index (χ0v) is 12.8. The van der Waals surface area contributed by atoms with E-state index in [4.69, 9.17) is 16.3 Å². The first-order chi connectivity index (χ1) is 10.1. The van der Waals surface area contributed by atoms with Crippen molar-refractivity contribution < 1.29 is 14.3 Å². The van der Waals surface area contributed by atoms with Crippen molar-refractivity contribution in [2.24, 2.45) is 0 Å². The van der Waals surface area contributed by atoms with Crippen LogP contribution in [0, 0.1) is 0 Å². The van der Waals surface area contributed by atoms with Gasteiger partial charge in [-0.05, 0) is 30.4 Å². The maximum atomic E-state index is 12.4. The van der Waals surface area contributed by atoms with E-state index in [0.717, 1.165) is 12.8 Å². The molecular weight excluding hydrogens is 312 g/mol. The lowest BCUT2D eigenvalue weighted by molar-refractivity contribution is 0.0607. The minimum atomic E-state index is -0.462. The van der Waals surface area contributed by atoms with Gasteiger partial charge in [0, 0.05) is 12.2 Å². The van der Waals surface area contributed by atoms with E-state index in [9.17, 15) is 9.59 Å². The highest BCUT2D eigenvalue weighted by Crippen LogP contribution is 2.37. The fraction of sp³-hybridized carbons (Fsp3) is 0.286. The number of methoxy groups -OCH3 is 1. The molecule has 2 aromatic rings. The number of nitrogens with zero attached hydrogens (tertiary/aromatic N) is 1. The van der Waals surface area contributed by atoms with Crippen LogP contribution >= 0.6 is 22.9 Å². The molecule has 0 spiro atoms. The molecule has 1 aliphatic rings. The second-order valence-corrected chi connectivity index (χ2v) is 6.14. The number of carbonyl (C=O) groups excluding carboxylic acids is 2. The molecule has 0 aliphatic heterocycles. The Bertz CT molecular complexity index is 703. The molecule has 110 valence electrons. The van der Waals surface area contributed by atoms with Crippen molar-refractivity contribution in [3.8, 4) is 0 Å². The Morgan fingerprint density at radius 1 is 1.48 bits per heavy atom. The molecular formula is C14H13ClN2O3S. The maximum Gasteiger partial charge on any atom is 0.350 e. The van der Waals surface area contributed by atoms with E-state index in [2.05, 4.69) is 5.32 Å². The summed E-state index contributed by atoms with van der Waals surface area (Å²) in [6.07, 6.45) is 3.87. The molecule has 21 heavy (non-hydrogen) atoms. The number of anilines is 1. The Morgan fingerprint density at radius 2 is 2.24 bits per heavy atom. The van der Waals surface area contributed by atoms with Gasteiger partial charge in [-0.2, -0.15) is 0 Å². The zero-order chi connectivity index (χ0) is 15.0. The van der Waals surface area contributed by atoms with Crippen LogP contribution in [0.15, 0.2) is 23.7 Å². The Hall–Kier alpha value is -1.79. The lowest BCUT2D eigenvalue weighted by Crippen LogP contribution is -2.17. The number of ether oxygens (including phenoxy) is 1. The number of nitrogens with one attached hydrogen (secondary N) is 1. The van der Waals surface area contributed by atoms with Gasteiger partial charge in [0.05, 0.1) is 17.8 Å². The van der Waals surface area contributed by atoms with Crippen LogP contribution in [0.2, 0.25) is 5.02 Å². The average molecular weight is 325 g/mol. The molecule has 1 N–H and O–H groups in total. The van der Waals surface area contributed by atoms with Crippen molar-refractivity contribution in [2.45, 2.75) is 18.9 Å². The van der Waals surface area contributed by atoms with Crippen LogP contribution in [0.25, 0.3) is 0 Å². The molecule has 3 rings (SSSR count). The standard InChI is InChI=1S/C14H13ClN2O3S/c1-20-14(19)12-10(4-5-21-12)16-13(18)11-6-8(15)7-17(11)9-2-3-9/h4-7,9H,2-3H2,1H3,(H,16,18). The Balaban J connectivity index is 1.84. The molecule has 5 nitrogen and oxygen atoms in total. The number of carbonyl (C=O) groups is 2. The zero-order valence-electron chi connectivity index (χ0n) is 11.3. The molecule has 1 amide bonds. The summed E-state index contributed by atoms with van der Waals surface area (Å²) < 4.78 is 6.58. The minimum Gasteiger partial charge on any atom is -0.465 e. The van der Waals surface area contributed by atoms with Crippen LogP contribution in [0.5, 0.6) is 0 Å². The molecule has 0 aromatic carbocycles. The van der Waals surface area contributed by atoms with Gasteiger partial charge in [0.15, 0.2) is 0 Å². The predicted octanol–water partition coefficient (Wildman–Crippen LogP) is 3.58. The third kappa shape index (κ3) is 2.82. The first-order valence-corrected chi connectivity index (χ1v) is 7.70. The number of halogens is 1. The van der Waals surface area contributed by atoms with Crippen LogP contribution in [0.4, 0.5) is 5.69 Å². The van der Waals surface area contributed by atoms with Crippen LogP contribution < -0.4 is 5.32 Å². The second-order valence-electron chi connectivity index (χ2n) is 4.79. The molecule has 0 bridgehead atoms. The molecule has 1 aliphatic carbocycles. The first kappa shape index (κ1) is 14.2. The van der Waals surface area contributed by atoms with Crippen molar-refractivity contribution >= 4 is 40.5 Å². The third-order valence-electron chi connectivity index (χ3n) is 3.27. The first-order valence-electron chi connectivity index (χ1n) is 6.44. The van der Waals surface area contributed by atoms with Gasteiger partial charge in [-0.15, -0.1) is 11.3 Å². The van der Waals surface area contributed by atoms with Gasteiger partial charge in [-0.3, -0.25) is 4.79 Å². The van der Waals surface area contributed by atoms with Crippen LogP contribution in [-0.4, -0.2) is 23.6 Å². The van der Waals surface area contributed by atoms with Crippen molar-refractivity contribution in [3.63, 3.8) is 0 Å². The van der Waals surface area contributed by atoms with E-state index in [1.807, 2.05) is 4.57 Å². The van der Waals surface area contributed by atoms with Gasteiger partial charge in [0.1, 0.15) is 10.6 Å². The minimum absolute atomic E-state index is 0.280. The van der Waals surface area contributed by atoms with Crippen LogP contribution in [-0.2, 0) is 4.74 Å². The number of hydrogen-bond donors (Lipinski definition) is 1. The normalized spacial score (nSPS) is 14.0. The number of hydrogen-bond acceptors (Lipinski definition) is 4. The summed E-state index contributed by atoms with van der Waals surface area (Å²) in [6, 6.07) is 3.67. The van der Waals surface area contributed by atoms with E-state index >= 15 is 0 Å². The van der Waals surface area contributed by atoms with E-state index in [1.54, 1.807) is 23.7 Å². The summed E-state index contributed by atoms with van der Waals surface area (Å²) >= 11 is 7.22. The highest BCUT2D eigenvalue weighted by molar-refractivity contribution is 7.12. The third-order valence-corrected chi connectivity index (χ3v) is 4.37. The summed E-state index contributed by atoms with van der Waals surface area (Å²) in [5.41, 5.74) is 0.959. The molecule has 0 unspecified atom stereocenters. The SMILES string of the molecule is COC(=O)c1sccc1NC(=O)c1cc(Cl)cn1C1CC1. The van der Waals surface area contributed by atoms with Crippen molar-refractivity contribution in [3.05, 3.63) is 39.3 Å². The summed E-state index contributed by atoms with van der Waals surface area (Å²) in [5, 5.41) is 5.01. The number of rotatable bonds is 4. The van der Waals surface area contributed by atoms with Gasteiger partial charge in [-0.1, -0.05) is 11.6 Å². The summed E-state index contributed by atoms with van der Waals surface area (Å²) in [7, 11) is 1.31. The van der Waals surface area contributed by atoms with Gasteiger partial charge in [0.25, 0.3) is 5.91 Å². The molecule has 2 aromatic heterocycles. The summed E-state index contributed by atoms with van der Waals surface area (Å²) in [4.78, 5) is 24.4. The number of thiophene rings is 1. The Kier molecular flexibility index (Phi) is 3.73. The van der Waals surface area contributed by atoms with Gasteiger partial charge in [0.2, 0.25) is 0 Å². The summed E-state index contributed by atoms with van der Waals surface area (Å²) in [5.74, 6) is -0.742. The largest absolute Gasteiger partial charge is 0.465 e. The lowest BCUT2D eigenvalue weighted by Gasteiger charge is -2.08. The second kappa shape index (κ2) is 5.54. The van der Waals surface area contributed by atoms with Crippen molar-refractivity contribution in [1.29, 1.82) is 0 Å². The molecule has 0 saturated heterocycles. The van der Waals surface area contributed by atoms with Gasteiger partial charge in [-0.25, -0.2) is 4.79 Å². The lowest BCUT2D eigenvalue weighted by atomic mass is 10.3. The molecule has 1 saturated carbocycles. The Labute approximate surface area is 130 Å². The number of esters is 1. The highest BCUT2D eigenvalue weighted by Gasteiger charge is 2.28. The van der Waals surface area contributed by atoms with Crippen LogP contribution in [0.3, 0.4) is 0 Å². The predicted molar refractivity (Wildman–Crippen MR) is 81.3 cm³/mol. The average Bonchev–Trinajstić information content (AvgIpc) is 3.09. The van der Waals surface area contributed by atoms with Gasteiger partial charge >= 0.3 is 5.97 Å².